The summed E-state index contributed by atoms with van der Waals surface area (Å²) in [4.78, 5) is 13.3. The maximum Gasteiger partial charge on any atom is 0.163 e. The van der Waals surface area contributed by atoms with Crippen molar-refractivity contribution in [1.29, 1.82) is 0 Å². The monoisotopic (exact) mass is 509 g/mol. The van der Waals surface area contributed by atoms with E-state index in [-0.39, 0.29) is 29.5 Å². The Balaban J connectivity index is 1.66. The Hall–Kier alpha value is -2.96. The second kappa shape index (κ2) is 8.61. The lowest BCUT2D eigenvalue weighted by Crippen LogP contribution is -2.22. The molecule has 1 saturated heterocycles. The molecule has 0 bridgehead atoms. The van der Waals surface area contributed by atoms with Gasteiger partial charge >= 0.3 is 0 Å². The first-order chi connectivity index (χ1) is 16.6. The van der Waals surface area contributed by atoms with Gasteiger partial charge in [0.15, 0.2) is 15.6 Å². The number of rotatable bonds is 5. The summed E-state index contributed by atoms with van der Waals surface area (Å²) in [6, 6.07) is 19.4. The van der Waals surface area contributed by atoms with Crippen LogP contribution in [-0.4, -0.2) is 30.3 Å². The smallest absolute Gasteiger partial charge is 0.163 e. The minimum atomic E-state index is -3.10. The van der Waals surface area contributed by atoms with Crippen LogP contribution in [0.25, 0.3) is 27.7 Å². The largest absolute Gasteiger partial charge is 0.313 e. The number of halogens is 2. The number of sulfone groups is 1. The van der Waals surface area contributed by atoms with Gasteiger partial charge in [0.25, 0.3) is 0 Å². The van der Waals surface area contributed by atoms with E-state index in [0.717, 1.165) is 33.4 Å². The van der Waals surface area contributed by atoms with Gasteiger partial charge in [-0.2, -0.15) is 0 Å². The van der Waals surface area contributed by atoms with Crippen LogP contribution in [0, 0.1) is 18.2 Å². The van der Waals surface area contributed by atoms with Crippen molar-refractivity contribution < 1.29 is 17.6 Å². The van der Waals surface area contributed by atoms with Crippen molar-refractivity contribution in [1.82, 2.24) is 4.57 Å². The molecule has 7 heteroatoms. The zero-order valence-corrected chi connectivity index (χ0v) is 21.1. The molecule has 0 radical (unpaired) electrons. The summed E-state index contributed by atoms with van der Waals surface area (Å²) in [5.41, 5.74) is 4.28. The predicted octanol–water partition coefficient (Wildman–Crippen LogP) is 6.80. The molecule has 0 N–H and O–H groups in total. The van der Waals surface area contributed by atoms with Crippen LogP contribution in [0.5, 0.6) is 0 Å². The zero-order chi connectivity index (χ0) is 25.0. The number of nitrogens with zero attached hydrogens (tertiary/aromatic N) is 1. The molecule has 0 spiro atoms. The van der Waals surface area contributed by atoms with E-state index >= 15 is 0 Å². The maximum absolute atomic E-state index is 13.7. The lowest BCUT2D eigenvalue weighted by Gasteiger charge is -2.20. The number of Topliss-reactive ketones (excluding diaryl/α,β-unsaturated/α-hetero) is 1. The molecule has 180 valence electrons. The van der Waals surface area contributed by atoms with E-state index < -0.39 is 15.3 Å². The molecule has 0 aliphatic carbocycles. The standard InChI is InChI=1S/C28H25ClFNO3S/c1-18-27(22-5-3-4-6-24(22)29)23-12-7-19(26(32)16-28(2)13-14-35(33,34)17-28)15-25(23)31(18)21-10-8-20(30)9-11-21/h3-12,15H,13-14,16-17H2,1-2H3. The van der Waals surface area contributed by atoms with Crippen LogP contribution in [-0.2, 0) is 9.84 Å². The highest BCUT2D eigenvalue weighted by Crippen LogP contribution is 2.41. The third kappa shape index (κ3) is 4.41. The van der Waals surface area contributed by atoms with Gasteiger partial charge in [0.05, 0.1) is 17.0 Å². The molecule has 0 saturated carbocycles. The molecule has 3 aromatic carbocycles. The van der Waals surface area contributed by atoms with E-state index in [4.69, 9.17) is 11.6 Å². The van der Waals surface area contributed by atoms with Crippen molar-refractivity contribution in [2.75, 3.05) is 11.5 Å². The summed E-state index contributed by atoms with van der Waals surface area (Å²) in [7, 11) is -3.10. The Kier molecular flexibility index (Phi) is 5.85. The van der Waals surface area contributed by atoms with E-state index in [2.05, 4.69) is 0 Å². The van der Waals surface area contributed by atoms with Gasteiger partial charge in [0.2, 0.25) is 0 Å². The molecular formula is C28H25ClFNO3S. The minimum absolute atomic E-state index is 0.0374. The Morgan fingerprint density at radius 3 is 2.46 bits per heavy atom. The van der Waals surface area contributed by atoms with Gasteiger partial charge in [-0.1, -0.05) is 48.9 Å². The molecule has 1 fully saturated rings. The minimum Gasteiger partial charge on any atom is -0.313 e. The topological polar surface area (TPSA) is 56.1 Å². The van der Waals surface area contributed by atoms with E-state index in [1.54, 1.807) is 18.2 Å². The highest BCUT2D eigenvalue weighted by molar-refractivity contribution is 7.91. The number of ketones is 1. The Morgan fingerprint density at radius 2 is 1.80 bits per heavy atom. The summed E-state index contributed by atoms with van der Waals surface area (Å²) in [5, 5.41) is 1.54. The molecule has 1 atom stereocenters. The highest BCUT2D eigenvalue weighted by Gasteiger charge is 2.40. The van der Waals surface area contributed by atoms with Crippen LogP contribution < -0.4 is 0 Å². The lowest BCUT2D eigenvalue weighted by molar-refractivity contribution is 0.0934. The van der Waals surface area contributed by atoms with Gasteiger partial charge < -0.3 is 4.57 Å². The first kappa shape index (κ1) is 23.8. The number of carbonyl (C=O) groups is 1. The fourth-order valence-corrected chi connectivity index (χ4v) is 7.71. The van der Waals surface area contributed by atoms with Crippen molar-refractivity contribution in [3.63, 3.8) is 0 Å². The van der Waals surface area contributed by atoms with Gasteiger partial charge in [-0.05, 0) is 55.2 Å². The van der Waals surface area contributed by atoms with Crippen molar-refractivity contribution in [3.8, 4) is 16.8 Å². The maximum atomic E-state index is 13.7. The molecule has 4 aromatic rings. The normalized spacial score (nSPS) is 19.3. The summed E-state index contributed by atoms with van der Waals surface area (Å²) >= 11 is 6.56. The number of aromatic nitrogens is 1. The van der Waals surface area contributed by atoms with Crippen molar-refractivity contribution >= 4 is 38.1 Å². The Bertz CT molecular complexity index is 1570. The zero-order valence-electron chi connectivity index (χ0n) is 19.5. The molecule has 2 heterocycles. The van der Waals surface area contributed by atoms with Gasteiger partial charge in [-0.3, -0.25) is 4.79 Å². The average Bonchev–Trinajstić information content (AvgIpc) is 3.25. The van der Waals surface area contributed by atoms with Crippen LogP contribution in [0.2, 0.25) is 5.02 Å². The average molecular weight is 510 g/mol. The molecule has 1 unspecified atom stereocenters. The molecule has 35 heavy (non-hydrogen) atoms. The van der Waals surface area contributed by atoms with Crippen LogP contribution >= 0.6 is 11.6 Å². The summed E-state index contributed by atoms with van der Waals surface area (Å²) in [5.74, 6) is -0.251. The lowest BCUT2D eigenvalue weighted by atomic mass is 9.83. The fraction of sp³-hybridized carbons (Fsp3) is 0.250. The van der Waals surface area contributed by atoms with Gasteiger partial charge in [0, 0.05) is 44.9 Å². The molecular weight excluding hydrogens is 485 g/mol. The van der Waals surface area contributed by atoms with Crippen LogP contribution in [0.1, 0.15) is 35.8 Å². The van der Waals surface area contributed by atoms with E-state index in [9.17, 15) is 17.6 Å². The summed E-state index contributed by atoms with van der Waals surface area (Å²) < 4.78 is 39.7. The van der Waals surface area contributed by atoms with Gasteiger partial charge in [0.1, 0.15) is 5.82 Å². The van der Waals surface area contributed by atoms with Crippen LogP contribution in [0.3, 0.4) is 0 Å². The number of hydrogen-bond donors (Lipinski definition) is 0. The molecule has 4 nitrogen and oxygen atoms in total. The van der Waals surface area contributed by atoms with Gasteiger partial charge in [-0.25, -0.2) is 12.8 Å². The van der Waals surface area contributed by atoms with Gasteiger partial charge in [-0.15, -0.1) is 0 Å². The Labute approximate surface area is 209 Å². The third-order valence-electron chi connectivity index (χ3n) is 6.93. The Morgan fingerprint density at radius 1 is 1.09 bits per heavy atom. The summed E-state index contributed by atoms with van der Waals surface area (Å²) in [6.45, 7) is 3.85. The molecule has 0 amide bonds. The van der Waals surface area contributed by atoms with E-state index in [1.165, 1.54) is 12.1 Å². The molecule has 1 aromatic heterocycles. The SMILES string of the molecule is Cc1c(-c2ccccc2Cl)c2ccc(C(=O)CC3(C)CCS(=O)(=O)C3)cc2n1-c1ccc(F)cc1. The van der Waals surface area contributed by atoms with Crippen LogP contribution in [0.4, 0.5) is 4.39 Å². The number of benzene rings is 3. The number of carbonyl (C=O) groups excluding carboxylic acids is 1. The third-order valence-corrected chi connectivity index (χ3v) is 9.22. The first-order valence-electron chi connectivity index (χ1n) is 11.5. The fourth-order valence-electron chi connectivity index (χ4n) is 5.22. The van der Waals surface area contributed by atoms with Crippen molar-refractivity contribution in [3.05, 3.63) is 88.8 Å². The molecule has 1 aliphatic rings. The second-order valence-electron chi connectivity index (χ2n) is 9.74. The summed E-state index contributed by atoms with van der Waals surface area (Å²) in [6.07, 6.45) is 0.663. The van der Waals surface area contributed by atoms with E-state index in [0.29, 0.717) is 17.0 Å². The highest BCUT2D eigenvalue weighted by atomic mass is 35.5. The quantitative estimate of drug-likeness (QED) is 0.278. The second-order valence-corrected chi connectivity index (χ2v) is 12.3. The van der Waals surface area contributed by atoms with Crippen molar-refractivity contribution in [2.24, 2.45) is 5.41 Å². The van der Waals surface area contributed by atoms with Crippen molar-refractivity contribution in [2.45, 2.75) is 26.7 Å². The van der Waals surface area contributed by atoms with Crippen LogP contribution in [0.15, 0.2) is 66.7 Å². The predicted molar refractivity (Wildman–Crippen MR) is 139 cm³/mol. The van der Waals surface area contributed by atoms with E-state index in [1.807, 2.05) is 54.8 Å². The number of hydrogen-bond acceptors (Lipinski definition) is 3. The number of fused-ring (bicyclic) bond motifs is 1. The first-order valence-corrected chi connectivity index (χ1v) is 13.7. The molecule has 5 rings (SSSR count). The molecule has 1 aliphatic heterocycles.